The van der Waals surface area contributed by atoms with Crippen LogP contribution in [0, 0.1) is 19.7 Å². The lowest BCUT2D eigenvalue weighted by atomic mass is 10.1. The van der Waals surface area contributed by atoms with E-state index in [0.29, 0.717) is 13.0 Å². The number of hydrogen-bond acceptors (Lipinski definition) is 2. The van der Waals surface area contributed by atoms with E-state index in [4.69, 9.17) is 0 Å². The van der Waals surface area contributed by atoms with E-state index in [1.165, 1.54) is 12.1 Å². The van der Waals surface area contributed by atoms with Crippen LogP contribution in [-0.2, 0) is 4.79 Å². The Morgan fingerprint density at radius 3 is 2.52 bits per heavy atom. The number of rotatable bonds is 5. The molecule has 0 aliphatic rings. The first-order valence-electron chi connectivity index (χ1n) is 6.91. The van der Waals surface area contributed by atoms with E-state index < -0.39 is 0 Å². The summed E-state index contributed by atoms with van der Waals surface area (Å²) in [4.78, 5) is 11.9. The van der Waals surface area contributed by atoms with Crippen LogP contribution in [0.3, 0.4) is 0 Å². The van der Waals surface area contributed by atoms with Crippen LogP contribution in [-0.4, -0.2) is 12.5 Å². The van der Waals surface area contributed by atoms with E-state index in [-0.39, 0.29) is 11.7 Å². The Balaban J connectivity index is 1.82. The van der Waals surface area contributed by atoms with Gasteiger partial charge >= 0.3 is 0 Å². The summed E-state index contributed by atoms with van der Waals surface area (Å²) in [5.41, 5.74) is 3.80. The summed E-state index contributed by atoms with van der Waals surface area (Å²) in [5.74, 6) is -0.313. The Morgan fingerprint density at radius 2 is 1.81 bits per heavy atom. The lowest BCUT2D eigenvalue weighted by Gasteiger charge is -2.10. The largest absolute Gasteiger partial charge is 0.385 e. The van der Waals surface area contributed by atoms with E-state index in [1.807, 2.05) is 32.0 Å². The van der Waals surface area contributed by atoms with Crippen molar-refractivity contribution in [3.8, 4) is 0 Å². The van der Waals surface area contributed by atoms with Gasteiger partial charge in [0.25, 0.3) is 0 Å². The van der Waals surface area contributed by atoms with Gasteiger partial charge in [0, 0.05) is 24.3 Å². The predicted molar refractivity (Wildman–Crippen MR) is 84.1 cm³/mol. The van der Waals surface area contributed by atoms with Gasteiger partial charge in [-0.2, -0.15) is 0 Å². The third-order valence-corrected chi connectivity index (χ3v) is 3.19. The van der Waals surface area contributed by atoms with Gasteiger partial charge in [-0.15, -0.1) is 0 Å². The summed E-state index contributed by atoms with van der Waals surface area (Å²) >= 11 is 0. The Bertz CT molecular complexity index is 623. The van der Waals surface area contributed by atoms with Crippen molar-refractivity contribution in [2.75, 3.05) is 17.2 Å². The van der Waals surface area contributed by atoms with Gasteiger partial charge in [-0.25, -0.2) is 4.39 Å². The molecule has 4 heteroatoms. The van der Waals surface area contributed by atoms with Crippen LogP contribution in [0.15, 0.2) is 42.5 Å². The van der Waals surface area contributed by atoms with Crippen molar-refractivity contribution in [1.29, 1.82) is 0 Å². The fourth-order valence-electron chi connectivity index (χ4n) is 1.97. The van der Waals surface area contributed by atoms with E-state index in [9.17, 15) is 9.18 Å². The summed E-state index contributed by atoms with van der Waals surface area (Å²) in [7, 11) is 0. The minimum Gasteiger partial charge on any atom is -0.385 e. The number of nitrogens with one attached hydrogen (secondary N) is 2. The number of halogens is 1. The first kappa shape index (κ1) is 15.0. The SMILES string of the molecule is Cc1ccc(C)c(NC(=O)CCNc2ccc(F)cc2)c1. The van der Waals surface area contributed by atoms with Crippen LogP contribution in [0.5, 0.6) is 0 Å². The highest BCUT2D eigenvalue weighted by Gasteiger charge is 2.05. The first-order valence-corrected chi connectivity index (χ1v) is 6.91. The average Bonchev–Trinajstić information content (AvgIpc) is 2.45. The minimum atomic E-state index is -0.270. The third kappa shape index (κ3) is 4.60. The number of benzene rings is 2. The number of anilines is 2. The monoisotopic (exact) mass is 286 g/mol. The molecule has 0 atom stereocenters. The van der Waals surface area contributed by atoms with Crippen LogP contribution >= 0.6 is 0 Å². The van der Waals surface area contributed by atoms with Crippen molar-refractivity contribution in [3.63, 3.8) is 0 Å². The predicted octanol–water partition coefficient (Wildman–Crippen LogP) is 3.88. The summed E-state index contributed by atoms with van der Waals surface area (Å²) in [6.07, 6.45) is 0.352. The van der Waals surface area contributed by atoms with Gasteiger partial charge in [-0.05, 0) is 55.3 Å². The van der Waals surface area contributed by atoms with Crippen molar-refractivity contribution in [2.24, 2.45) is 0 Å². The molecule has 0 saturated carbocycles. The molecule has 0 fully saturated rings. The average molecular weight is 286 g/mol. The molecule has 0 aromatic heterocycles. The molecule has 2 aromatic carbocycles. The van der Waals surface area contributed by atoms with Crippen molar-refractivity contribution < 1.29 is 9.18 Å². The quantitative estimate of drug-likeness (QED) is 0.875. The Morgan fingerprint density at radius 1 is 1.10 bits per heavy atom. The molecule has 2 rings (SSSR count). The molecule has 0 aliphatic heterocycles. The van der Waals surface area contributed by atoms with Crippen LogP contribution in [0.25, 0.3) is 0 Å². The molecule has 2 N–H and O–H groups in total. The normalized spacial score (nSPS) is 10.2. The minimum absolute atomic E-state index is 0.0432. The maximum atomic E-state index is 12.8. The van der Waals surface area contributed by atoms with Crippen molar-refractivity contribution in [1.82, 2.24) is 0 Å². The topological polar surface area (TPSA) is 41.1 Å². The number of carbonyl (C=O) groups is 1. The molecule has 0 bridgehead atoms. The second-order valence-corrected chi connectivity index (χ2v) is 5.05. The number of aryl methyl sites for hydroxylation is 2. The zero-order chi connectivity index (χ0) is 15.2. The van der Waals surface area contributed by atoms with Gasteiger partial charge in [-0.1, -0.05) is 12.1 Å². The van der Waals surface area contributed by atoms with Gasteiger partial charge in [-0.3, -0.25) is 4.79 Å². The van der Waals surface area contributed by atoms with Gasteiger partial charge in [0.15, 0.2) is 0 Å². The molecule has 2 aromatic rings. The van der Waals surface area contributed by atoms with Crippen LogP contribution < -0.4 is 10.6 Å². The molecule has 0 spiro atoms. The van der Waals surface area contributed by atoms with Crippen LogP contribution in [0.1, 0.15) is 17.5 Å². The number of hydrogen-bond donors (Lipinski definition) is 2. The smallest absolute Gasteiger partial charge is 0.226 e. The Labute approximate surface area is 124 Å². The molecule has 1 amide bonds. The lowest BCUT2D eigenvalue weighted by molar-refractivity contribution is -0.115. The van der Waals surface area contributed by atoms with Gasteiger partial charge in [0.1, 0.15) is 5.82 Å². The molecular formula is C17H19FN2O. The summed E-state index contributed by atoms with van der Waals surface area (Å²) < 4.78 is 12.8. The fraction of sp³-hybridized carbons (Fsp3) is 0.235. The Kier molecular flexibility index (Phi) is 4.93. The molecule has 0 unspecified atom stereocenters. The van der Waals surface area contributed by atoms with E-state index in [0.717, 1.165) is 22.5 Å². The van der Waals surface area contributed by atoms with Crippen molar-refractivity contribution >= 4 is 17.3 Å². The van der Waals surface area contributed by atoms with E-state index in [2.05, 4.69) is 10.6 Å². The maximum absolute atomic E-state index is 12.8. The molecule has 21 heavy (non-hydrogen) atoms. The Hall–Kier alpha value is -2.36. The van der Waals surface area contributed by atoms with E-state index >= 15 is 0 Å². The molecule has 0 heterocycles. The van der Waals surface area contributed by atoms with Crippen LogP contribution in [0.2, 0.25) is 0 Å². The standard InChI is InChI=1S/C17H19FN2O/c1-12-3-4-13(2)16(11-12)20-17(21)9-10-19-15-7-5-14(18)6-8-15/h3-8,11,19H,9-10H2,1-2H3,(H,20,21). The number of amides is 1. The molecule has 110 valence electrons. The highest BCUT2D eigenvalue weighted by Crippen LogP contribution is 2.16. The third-order valence-electron chi connectivity index (χ3n) is 3.19. The zero-order valence-electron chi connectivity index (χ0n) is 12.2. The van der Waals surface area contributed by atoms with Crippen LogP contribution in [0.4, 0.5) is 15.8 Å². The molecule has 0 saturated heterocycles. The summed E-state index contributed by atoms with van der Waals surface area (Å²) in [6, 6.07) is 12.0. The molecular weight excluding hydrogens is 267 g/mol. The van der Waals surface area contributed by atoms with Crippen molar-refractivity contribution in [3.05, 3.63) is 59.4 Å². The van der Waals surface area contributed by atoms with Gasteiger partial charge < -0.3 is 10.6 Å². The lowest BCUT2D eigenvalue weighted by Crippen LogP contribution is -2.16. The van der Waals surface area contributed by atoms with Crippen molar-refractivity contribution in [2.45, 2.75) is 20.3 Å². The summed E-state index contributed by atoms with van der Waals surface area (Å²) in [5, 5.41) is 5.99. The number of carbonyl (C=O) groups excluding carboxylic acids is 1. The van der Waals surface area contributed by atoms with E-state index in [1.54, 1.807) is 12.1 Å². The van der Waals surface area contributed by atoms with Gasteiger partial charge in [0.05, 0.1) is 0 Å². The zero-order valence-corrected chi connectivity index (χ0v) is 12.2. The second-order valence-electron chi connectivity index (χ2n) is 5.05. The maximum Gasteiger partial charge on any atom is 0.226 e. The summed E-state index contributed by atoms with van der Waals surface area (Å²) in [6.45, 7) is 4.46. The molecule has 3 nitrogen and oxygen atoms in total. The molecule has 0 radical (unpaired) electrons. The highest BCUT2D eigenvalue weighted by atomic mass is 19.1. The molecule has 0 aliphatic carbocycles. The fourth-order valence-corrected chi connectivity index (χ4v) is 1.97. The second kappa shape index (κ2) is 6.88. The highest BCUT2D eigenvalue weighted by molar-refractivity contribution is 5.91. The van der Waals surface area contributed by atoms with Gasteiger partial charge in [0.2, 0.25) is 5.91 Å². The first-order chi connectivity index (χ1) is 10.0.